The van der Waals surface area contributed by atoms with Crippen LogP contribution in [0, 0.1) is 13.8 Å². The summed E-state index contributed by atoms with van der Waals surface area (Å²) in [5.41, 5.74) is 0.743. The molecule has 2 heterocycles. The number of carbonyl (C=O) groups is 2. The minimum absolute atomic E-state index is 0.0881. The molecule has 20 heavy (non-hydrogen) atoms. The fourth-order valence-electron chi connectivity index (χ4n) is 2.41. The van der Waals surface area contributed by atoms with Crippen LogP contribution in [0.15, 0.2) is 0 Å². The van der Waals surface area contributed by atoms with E-state index in [0.717, 1.165) is 17.2 Å². The Hall–Kier alpha value is -1.47. The highest BCUT2D eigenvalue weighted by Gasteiger charge is 2.35. The normalized spacial score (nSPS) is 20.0. The SMILES string of the molecule is CNC(=O)C1CN(C)CCN1C(=O)c1sc(C)nc1C. The number of hydrogen-bond acceptors (Lipinski definition) is 5. The molecule has 2 amide bonds. The Morgan fingerprint density at radius 3 is 2.60 bits per heavy atom. The summed E-state index contributed by atoms with van der Waals surface area (Å²) in [6, 6.07) is -0.437. The van der Waals surface area contributed by atoms with Crippen molar-refractivity contribution in [1.29, 1.82) is 0 Å². The molecule has 1 aromatic heterocycles. The number of thiazole rings is 1. The molecule has 0 radical (unpaired) electrons. The lowest BCUT2D eigenvalue weighted by Crippen LogP contribution is -2.59. The molecule has 1 aromatic rings. The highest BCUT2D eigenvalue weighted by molar-refractivity contribution is 7.13. The molecule has 1 saturated heterocycles. The molecule has 1 aliphatic heterocycles. The number of nitrogens with zero attached hydrogens (tertiary/aromatic N) is 3. The molecule has 2 rings (SSSR count). The van der Waals surface area contributed by atoms with Crippen LogP contribution in [-0.2, 0) is 4.79 Å². The summed E-state index contributed by atoms with van der Waals surface area (Å²) in [5.74, 6) is -0.210. The fourth-order valence-corrected chi connectivity index (χ4v) is 3.29. The highest BCUT2D eigenvalue weighted by Crippen LogP contribution is 2.21. The van der Waals surface area contributed by atoms with Gasteiger partial charge in [0.15, 0.2) is 0 Å². The third kappa shape index (κ3) is 2.83. The lowest BCUT2D eigenvalue weighted by molar-refractivity contribution is -0.126. The van der Waals surface area contributed by atoms with Crippen LogP contribution in [0.2, 0.25) is 0 Å². The van der Waals surface area contributed by atoms with Crippen molar-refractivity contribution in [2.24, 2.45) is 0 Å². The highest BCUT2D eigenvalue weighted by atomic mass is 32.1. The van der Waals surface area contributed by atoms with Gasteiger partial charge in [-0.15, -0.1) is 11.3 Å². The largest absolute Gasteiger partial charge is 0.357 e. The third-order valence-corrected chi connectivity index (χ3v) is 4.55. The second kappa shape index (κ2) is 5.88. The molecule has 0 spiro atoms. The van der Waals surface area contributed by atoms with Gasteiger partial charge in [0.05, 0.1) is 10.7 Å². The van der Waals surface area contributed by atoms with Crippen LogP contribution in [0.25, 0.3) is 0 Å². The molecule has 7 heteroatoms. The van der Waals surface area contributed by atoms with E-state index in [0.29, 0.717) is 18.0 Å². The lowest BCUT2D eigenvalue weighted by Gasteiger charge is -2.38. The molecule has 1 fully saturated rings. The average Bonchev–Trinajstić information content (AvgIpc) is 2.76. The number of piperazine rings is 1. The van der Waals surface area contributed by atoms with Gasteiger partial charge in [-0.2, -0.15) is 0 Å². The summed E-state index contributed by atoms with van der Waals surface area (Å²) in [6.45, 7) is 5.61. The lowest BCUT2D eigenvalue weighted by atomic mass is 10.1. The second-order valence-electron chi connectivity index (χ2n) is 5.04. The number of likely N-dealkylation sites (N-methyl/N-ethyl adjacent to an activating group) is 2. The summed E-state index contributed by atoms with van der Waals surface area (Å²) >= 11 is 1.39. The van der Waals surface area contributed by atoms with Crippen LogP contribution < -0.4 is 5.32 Å². The van der Waals surface area contributed by atoms with Crippen molar-refractivity contribution in [2.75, 3.05) is 33.7 Å². The monoisotopic (exact) mass is 296 g/mol. The van der Waals surface area contributed by atoms with E-state index in [9.17, 15) is 9.59 Å². The number of hydrogen-bond donors (Lipinski definition) is 1. The summed E-state index contributed by atoms with van der Waals surface area (Å²) in [7, 11) is 3.56. The molecule has 1 unspecified atom stereocenters. The van der Waals surface area contributed by atoms with Gasteiger partial charge in [0.1, 0.15) is 10.9 Å². The van der Waals surface area contributed by atoms with E-state index in [4.69, 9.17) is 0 Å². The van der Waals surface area contributed by atoms with Gasteiger partial charge in [0, 0.05) is 26.7 Å². The maximum absolute atomic E-state index is 12.7. The molecule has 1 aliphatic rings. The van der Waals surface area contributed by atoms with Crippen molar-refractivity contribution < 1.29 is 9.59 Å². The van der Waals surface area contributed by atoms with Crippen molar-refractivity contribution in [3.8, 4) is 0 Å². The molecule has 0 bridgehead atoms. The molecular weight excluding hydrogens is 276 g/mol. The average molecular weight is 296 g/mol. The molecule has 6 nitrogen and oxygen atoms in total. The Kier molecular flexibility index (Phi) is 4.39. The fraction of sp³-hybridized carbons (Fsp3) is 0.615. The molecular formula is C13H20N4O2S. The maximum Gasteiger partial charge on any atom is 0.266 e. The summed E-state index contributed by atoms with van der Waals surface area (Å²) in [4.78, 5) is 33.3. The zero-order chi connectivity index (χ0) is 14.9. The van der Waals surface area contributed by atoms with E-state index in [1.54, 1.807) is 11.9 Å². The van der Waals surface area contributed by atoms with Crippen molar-refractivity contribution in [3.05, 3.63) is 15.6 Å². The van der Waals surface area contributed by atoms with Gasteiger partial charge in [0.2, 0.25) is 5.91 Å². The first kappa shape index (κ1) is 14.9. The first-order chi connectivity index (χ1) is 9.43. The van der Waals surface area contributed by atoms with Gasteiger partial charge in [-0.3, -0.25) is 9.59 Å². The van der Waals surface area contributed by atoms with Gasteiger partial charge in [-0.25, -0.2) is 4.98 Å². The molecule has 0 aliphatic carbocycles. The van der Waals surface area contributed by atoms with E-state index < -0.39 is 6.04 Å². The Morgan fingerprint density at radius 2 is 2.05 bits per heavy atom. The minimum Gasteiger partial charge on any atom is -0.357 e. The van der Waals surface area contributed by atoms with E-state index in [2.05, 4.69) is 15.2 Å². The summed E-state index contributed by atoms with van der Waals surface area (Å²) in [5, 5.41) is 3.51. The first-order valence-electron chi connectivity index (χ1n) is 6.59. The summed E-state index contributed by atoms with van der Waals surface area (Å²) < 4.78 is 0. The van der Waals surface area contributed by atoms with Gasteiger partial charge < -0.3 is 15.1 Å². The van der Waals surface area contributed by atoms with E-state index in [-0.39, 0.29) is 11.8 Å². The smallest absolute Gasteiger partial charge is 0.266 e. The van der Waals surface area contributed by atoms with Crippen LogP contribution in [0.1, 0.15) is 20.4 Å². The standard InChI is InChI=1S/C13H20N4O2S/c1-8-11(20-9(2)15-8)13(19)17-6-5-16(4)7-10(17)12(18)14-3/h10H,5-7H2,1-4H3,(H,14,18). The number of aromatic nitrogens is 1. The third-order valence-electron chi connectivity index (χ3n) is 3.49. The van der Waals surface area contributed by atoms with Gasteiger partial charge >= 0.3 is 0 Å². The summed E-state index contributed by atoms with van der Waals surface area (Å²) in [6.07, 6.45) is 0. The second-order valence-corrected chi connectivity index (χ2v) is 6.24. The number of aryl methyl sites for hydroxylation is 2. The zero-order valence-corrected chi connectivity index (χ0v) is 13.1. The number of nitrogens with one attached hydrogen (secondary N) is 1. The Labute approximate surface area is 122 Å². The van der Waals surface area contributed by atoms with Crippen LogP contribution >= 0.6 is 11.3 Å². The number of rotatable bonds is 2. The van der Waals surface area contributed by atoms with Crippen molar-refractivity contribution in [2.45, 2.75) is 19.9 Å². The van der Waals surface area contributed by atoms with Crippen molar-refractivity contribution >= 4 is 23.2 Å². The van der Waals surface area contributed by atoms with Crippen LogP contribution in [-0.4, -0.2) is 66.4 Å². The van der Waals surface area contributed by atoms with Gasteiger partial charge in [-0.05, 0) is 20.9 Å². The Bertz CT molecular complexity index is 528. The predicted octanol–water partition coefficient (Wildman–Crippen LogP) is 0.262. The van der Waals surface area contributed by atoms with Crippen molar-refractivity contribution in [3.63, 3.8) is 0 Å². The predicted molar refractivity (Wildman–Crippen MR) is 78.0 cm³/mol. The Balaban J connectivity index is 2.26. The molecule has 0 saturated carbocycles. The molecule has 1 atom stereocenters. The topological polar surface area (TPSA) is 65.5 Å². The first-order valence-corrected chi connectivity index (χ1v) is 7.40. The van der Waals surface area contributed by atoms with Gasteiger partial charge in [0.25, 0.3) is 5.91 Å². The number of amides is 2. The van der Waals surface area contributed by atoms with E-state index in [1.165, 1.54) is 11.3 Å². The molecule has 110 valence electrons. The van der Waals surface area contributed by atoms with Gasteiger partial charge in [-0.1, -0.05) is 0 Å². The van der Waals surface area contributed by atoms with E-state index >= 15 is 0 Å². The zero-order valence-electron chi connectivity index (χ0n) is 12.3. The quantitative estimate of drug-likeness (QED) is 0.850. The van der Waals surface area contributed by atoms with Crippen LogP contribution in [0.5, 0.6) is 0 Å². The number of carbonyl (C=O) groups excluding carboxylic acids is 2. The van der Waals surface area contributed by atoms with Crippen molar-refractivity contribution in [1.82, 2.24) is 20.1 Å². The maximum atomic E-state index is 12.7. The Morgan fingerprint density at radius 1 is 1.35 bits per heavy atom. The van der Waals surface area contributed by atoms with E-state index in [1.807, 2.05) is 20.9 Å². The molecule has 1 N–H and O–H groups in total. The molecule has 0 aromatic carbocycles. The van der Waals surface area contributed by atoms with Crippen LogP contribution in [0.4, 0.5) is 0 Å². The van der Waals surface area contributed by atoms with Crippen LogP contribution in [0.3, 0.4) is 0 Å². The minimum atomic E-state index is -0.437.